The van der Waals surface area contributed by atoms with Crippen LogP contribution in [0.2, 0.25) is 5.02 Å². The van der Waals surface area contributed by atoms with Crippen molar-refractivity contribution in [1.29, 1.82) is 0 Å². The standard InChI is InChI=1S/C23H18ClN3O3/c1-26-19-9-5-3-7-15(19)21(28)27(20-10-6-4-8-17(20)24)23(26)16-12-11-14(30-2)13-18(16)25-22(23)29/h3-13H,1-2H3,(H,25,29). The number of nitrogens with zero attached hydrogens (tertiary/aromatic N) is 2. The van der Waals surface area contributed by atoms with Gasteiger partial charge in [0, 0.05) is 18.7 Å². The fourth-order valence-electron chi connectivity index (χ4n) is 4.40. The molecule has 2 amide bonds. The van der Waals surface area contributed by atoms with Crippen LogP contribution in [0.15, 0.2) is 66.7 Å². The Bertz CT molecular complexity index is 1210. The maximum atomic E-state index is 13.8. The third-order valence-corrected chi connectivity index (χ3v) is 6.09. The first-order valence-electron chi connectivity index (χ1n) is 9.42. The van der Waals surface area contributed by atoms with E-state index in [4.69, 9.17) is 16.3 Å². The Morgan fingerprint density at radius 1 is 0.967 bits per heavy atom. The van der Waals surface area contributed by atoms with Crippen molar-refractivity contribution in [1.82, 2.24) is 0 Å². The molecule has 5 rings (SSSR count). The smallest absolute Gasteiger partial charge is 0.276 e. The van der Waals surface area contributed by atoms with Crippen LogP contribution in [0.4, 0.5) is 17.1 Å². The van der Waals surface area contributed by atoms with Crippen LogP contribution in [0.3, 0.4) is 0 Å². The van der Waals surface area contributed by atoms with Crippen molar-refractivity contribution in [2.24, 2.45) is 0 Å². The number of amides is 2. The van der Waals surface area contributed by atoms with Crippen molar-refractivity contribution >= 4 is 40.5 Å². The zero-order valence-electron chi connectivity index (χ0n) is 16.3. The molecule has 0 bridgehead atoms. The number of hydrogen-bond donors (Lipinski definition) is 1. The third-order valence-electron chi connectivity index (χ3n) is 5.77. The van der Waals surface area contributed by atoms with Crippen molar-refractivity contribution in [3.8, 4) is 5.75 Å². The second-order valence-corrected chi connectivity index (χ2v) is 7.61. The minimum atomic E-state index is -1.43. The van der Waals surface area contributed by atoms with Gasteiger partial charge in [0.25, 0.3) is 11.8 Å². The Labute approximate surface area is 178 Å². The lowest BCUT2D eigenvalue weighted by atomic mass is 9.90. The lowest BCUT2D eigenvalue weighted by molar-refractivity contribution is -0.120. The summed E-state index contributed by atoms with van der Waals surface area (Å²) < 4.78 is 5.32. The average Bonchev–Trinajstić information content (AvgIpc) is 3.05. The van der Waals surface area contributed by atoms with Gasteiger partial charge in [-0.25, -0.2) is 0 Å². The molecule has 0 saturated heterocycles. The van der Waals surface area contributed by atoms with Crippen LogP contribution >= 0.6 is 11.6 Å². The minimum absolute atomic E-state index is 0.296. The Balaban J connectivity index is 1.86. The SMILES string of the molecule is COc1ccc2c(c1)NC(=O)C21N(C)c2ccccc2C(=O)N1c1ccccc1Cl. The van der Waals surface area contributed by atoms with E-state index in [1.807, 2.05) is 30.1 Å². The molecule has 2 heterocycles. The molecule has 1 N–H and O–H groups in total. The highest BCUT2D eigenvalue weighted by Crippen LogP contribution is 2.51. The Kier molecular flexibility index (Phi) is 4.01. The van der Waals surface area contributed by atoms with Crippen molar-refractivity contribution in [2.45, 2.75) is 5.66 Å². The number of fused-ring (bicyclic) bond motifs is 3. The van der Waals surface area contributed by atoms with Gasteiger partial charge in [0.15, 0.2) is 0 Å². The van der Waals surface area contributed by atoms with Gasteiger partial charge < -0.3 is 15.0 Å². The normalized spacial score (nSPS) is 19.6. The topological polar surface area (TPSA) is 61.9 Å². The van der Waals surface area contributed by atoms with E-state index in [0.29, 0.717) is 39.0 Å². The van der Waals surface area contributed by atoms with Gasteiger partial charge in [0.05, 0.1) is 34.8 Å². The summed E-state index contributed by atoms with van der Waals surface area (Å²) in [6, 6.07) is 19.6. The molecule has 30 heavy (non-hydrogen) atoms. The molecule has 2 aliphatic rings. The first-order chi connectivity index (χ1) is 14.5. The summed E-state index contributed by atoms with van der Waals surface area (Å²) in [6.45, 7) is 0. The highest BCUT2D eigenvalue weighted by molar-refractivity contribution is 6.35. The van der Waals surface area contributed by atoms with Crippen LogP contribution in [-0.4, -0.2) is 26.0 Å². The number of halogens is 1. The Morgan fingerprint density at radius 2 is 1.67 bits per heavy atom. The molecule has 0 aliphatic carbocycles. The van der Waals surface area contributed by atoms with Crippen LogP contribution in [0, 0.1) is 0 Å². The van der Waals surface area contributed by atoms with Gasteiger partial charge in [0.2, 0.25) is 5.66 Å². The number of benzene rings is 3. The average molecular weight is 420 g/mol. The van der Waals surface area contributed by atoms with Gasteiger partial charge in [-0.15, -0.1) is 0 Å². The van der Waals surface area contributed by atoms with Crippen LogP contribution in [0.5, 0.6) is 5.75 Å². The fourth-order valence-corrected chi connectivity index (χ4v) is 4.62. The molecule has 150 valence electrons. The molecule has 1 atom stereocenters. The van der Waals surface area contributed by atoms with Crippen molar-refractivity contribution in [2.75, 3.05) is 29.3 Å². The summed E-state index contributed by atoms with van der Waals surface area (Å²) in [5.41, 5.74) is 1.45. The molecular formula is C23H18ClN3O3. The van der Waals surface area contributed by atoms with Gasteiger partial charge in [-0.3, -0.25) is 14.5 Å². The number of ether oxygens (including phenoxy) is 1. The summed E-state index contributed by atoms with van der Waals surface area (Å²) in [5, 5.41) is 3.32. The lowest BCUT2D eigenvalue weighted by Crippen LogP contribution is -2.66. The van der Waals surface area contributed by atoms with E-state index in [2.05, 4.69) is 5.32 Å². The number of carbonyl (C=O) groups excluding carboxylic acids is 2. The van der Waals surface area contributed by atoms with E-state index in [-0.39, 0.29) is 11.8 Å². The largest absolute Gasteiger partial charge is 0.497 e. The van der Waals surface area contributed by atoms with Crippen molar-refractivity contribution < 1.29 is 14.3 Å². The third kappa shape index (κ3) is 2.25. The molecule has 1 unspecified atom stereocenters. The Hall–Kier alpha value is -3.51. The Morgan fingerprint density at radius 3 is 2.40 bits per heavy atom. The molecule has 0 radical (unpaired) electrons. The van der Waals surface area contributed by atoms with E-state index < -0.39 is 5.66 Å². The number of nitrogens with one attached hydrogen (secondary N) is 1. The molecule has 3 aromatic carbocycles. The fraction of sp³-hybridized carbons (Fsp3) is 0.130. The first kappa shape index (κ1) is 18.5. The summed E-state index contributed by atoms with van der Waals surface area (Å²) in [4.78, 5) is 30.8. The highest BCUT2D eigenvalue weighted by Gasteiger charge is 2.60. The number of likely N-dealkylation sites (N-methyl/N-ethyl adjacent to an activating group) is 1. The minimum Gasteiger partial charge on any atom is -0.497 e. The predicted octanol–water partition coefficient (Wildman–Crippen LogP) is 4.25. The summed E-state index contributed by atoms with van der Waals surface area (Å²) in [7, 11) is 3.38. The molecule has 6 nitrogen and oxygen atoms in total. The van der Waals surface area contributed by atoms with Gasteiger partial charge >= 0.3 is 0 Å². The highest BCUT2D eigenvalue weighted by atomic mass is 35.5. The number of anilines is 3. The van der Waals surface area contributed by atoms with Gasteiger partial charge in [-0.1, -0.05) is 35.9 Å². The van der Waals surface area contributed by atoms with Gasteiger partial charge in [0.1, 0.15) is 5.75 Å². The molecule has 0 aromatic heterocycles. The number of para-hydroxylation sites is 2. The summed E-state index contributed by atoms with van der Waals surface area (Å²) >= 11 is 6.52. The molecule has 1 spiro atoms. The molecular weight excluding hydrogens is 402 g/mol. The van der Waals surface area contributed by atoms with E-state index >= 15 is 0 Å². The summed E-state index contributed by atoms with van der Waals surface area (Å²) in [5.74, 6) is -0.0211. The molecule has 0 saturated carbocycles. The predicted molar refractivity (Wildman–Crippen MR) is 116 cm³/mol. The first-order valence-corrected chi connectivity index (χ1v) is 9.80. The van der Waals surface area contributed by atoms with Gasteiger partial charge in [-0.05, 0) is 36.4 Å². The molecule has 7 heteroatoms. The number of methoxy groups -OCH3 is 1. The zero-order valence-corrected chi connectivity index (χ0v) is 17.1. The lowest BCUT2D eigenvalue weighted by Gasteiger charge is -2.50. The molecule has 0 fully saturated rings. The molecule has 2 aliphatic heterocycles. The monoisotopic (exact) mass is 419 g/mol. The van der Waals surface area contributed by atoms with Crippen molar-refractivity contribution in [3.63, 3.8) is 0 Å². The quantitative estimate of drug-likeness (QED) is 0.674. The van der Waals surface area contributed by atoms with Crippen LogP contribution < -0.4 is 19.9 Å². The van der Waals surface area contributed by atoms with E-state index in [1.54, 1.807) is 55.6 Å². The number of rotatable bonds is 2. The maximum Gasteiger partial charge on any atom is 0.276 e. The van der Waals surface area contributed by atoms with Gasteiger partial charge in [-0.2, -0.15) is 0 Å². The number of hydrogen-bond acceptors (Lipinski definition) is 4. The van der Waals surface area contributed by atoms with Crippen molar-refractivity contribution in [3.05, 3.63) is 82.9 Å². The maximum absolute atomic E-state index is 13.8. The number of carbonyl (C=O) groups is 2. The van der Waals surface area contributed by atoms with Crippen LogP contribution in [0.1, 0.15) is 15.9 Å². The molecule has 3 aromatic rings. The summed E-state index contributed by atoms with van der Waals surface area (Å²) in [6.07, 6.45) is 0. The second kappa shape index (κ2) is 6.50. The van der Waals surface area contributed by atoms with E-state index in [9.17, 15) is 9.59 Å². The van der Waals surface area contributed by atoms with E-state index in [1.165, 1.54) is 4.90 Å². The van der Waals surface area contributed by atoms with Crippen LogP contribution in [0.25, 0.3) is 0 Å². The second-order valence-electron chi connectivity index (χ2n) is 7.21. The van der Waals surface area contributed by atoms with Crippen LogP contribution in [-0.2, 0) is 10.5 Å². The van der Waals surface area contributed by atoms with E-state index in [0.717, 1.165) is 0 Å². The zero-order chi connectivity index (χ0) is 21.0.